The average Bonchev–Trinajstić information content (AvgIpc) is 3.41. The fourth-order valence-electron chi connectivity index (χ4n) is 4.83. The quantitative estimate of drug-likeness (QED) is 0.687. The van der Waals surface area contributed by atoms with Gasteiger partial charge in [-0.2, -0.15) is 5.10 Å². The number of nitrogens with one attached hydrogen (secondary N) is 2. The summed E-state index contributed by atoms with van der Waals surface area (Å²) in [6.45, 7) is 2.02. The van der Waals surface area contributed by atoms with Crippen LogP contribution in [-0.2, 0) is 16.8 Å². The van der Waals surface area contributed by atoms with E-state index in [-0.39, 0.29) is 11.8 Å². The Balaban J connectivity index is 1.39. The van der Waals surface area contributed by atoms with Gasteiger partial charge in [0.25, 0.3) is 5.91 Å². The van der Waals surface area contributed by atoms with Crippen molar-refractivity contribution in [3.63, 3.8) is 0 Å². The fraction of sp³-hybridized carbons (Fsp3) is 0.292. The number of piperidine rings is 1. The van der Waals surface area contributed by atoms with Crippen LogP contribution in [0.5, 0.6) is 0 Å². The average molecular weight is 415 g/mol. The molecule has 158 valence electrons. The van der Waals surface area contributed by atoms with Gasteiger partial charge in [0.15, 0.2) is 0 Å². The lowest BCUT2D eigenvalue weighted by Crippen LogP contribution is -2.48. The normalized spacial score (nSPS) is 17.1. The Morgan fingerprint density at radius 3 is 2.65 bits per heavy atom. The first kappa shape index (κ1) is 19.4. The van der Waals surface area contributed by atoms with Gasteiger partial charge in [0.1, 0.15) is 0 Å². The van der Waals surface area contributed by atoms with Crippen molar-refractivity contribution in [1.82, 2.24) is 15.5 Å². The summed E-state index contributed by atoms with van der Waals surface area (Å²) in [5.74, 6) is -0.0194. The molecule has 0 saturated carbocycles. The number of para-hydroxylation sites is 1. The lowest BCUT2D eigenvalue weighted by molar-refractivity contribution is -0.123. The maximum atomic E-state index is 13.3. The molecule has 31 heavy (non-hydrogen) atoms. The summed E-state index contributed by atoms with van der Waals surface area (Å²) in [4.78, 5) is 30.2. The number of likely N-dealkylation sites (N-methyl/N-ethyl adjacent to an activating group) is 1. The molecule has 0 radical (unpaired) electrons. The number of amides is 2. The number of fused-ring (bicyclic) bond motifs is 2. The molecule has 1 spiro atoms. The molecule has 0 aliphatic carbocycles. The summed E-state index contributed by atoms with van der Waals surface area (Å²) in [6.07, 6.45) is 4.91. The highest BCUT2D eigenvalue weighted by atomic mass is 16.2. The van der Waals surface area contributed by atoms with Crippen molar-refractivity contribution in [2.24, 2.45) is 0 Å². The Kier molecular flexibility index (Phi) is 4.73. The molecule has 1 aromatic heterocycles. The number of rotatable bonds is 4. The van der Waals surface area contributed by atoms with E-state index >= 15 is 0 Å². The van der Waals surface area contributed by atoms with E-state index in [2.05, 4.69) is 32.5 Å². The van der Waals surface area contributed by atoms with E-state index in [1.807, 2.05) is 37.4 Å². The van der Waals surface area contributed by atoms with Gasteiger partial charge in [-0.05, 0) is 48.7 Å². The second-order valence-electron chi connectivity index (χ2n) is 8.29. The van der Waals surface area contributed by atoms with Crippen LogP contribution in [0.3, 0.4) is 0 Å². The van der Waals surface area contributed by atoms with Crippen molar-refractivity contribution in [2.45, 2.75) is 24.8 Å². The minimum Gasteiger partial charge on any atom is -0.371 e. The molecule has 2 amide bonds. The molecule has 2 aromatic carbocycles. The maximum Gasteiger partial charge on any atom is 0.251 e. The van der Waals surface area contributed by atoms with Crippen LogP contribution in [-0.4, -0.2) is 42.1 Å². The van der Waals surface area contributed by atoms with Crippen LogP contribution in [0, 0.1) is 0 Å². The fourth-order valence-corrected chi connectivity index (χ4v) is 4.83. The molecular weight excluding hydrogens is 390 g/mol. The molecule has 2 N–H and O–H groups in total. The van der Waals surface area contributed by atoms with E-state index in [0.717, 1.165) is 42.7 Å². The van der Waals surface area contributed by atoms with Crippen LogP contribution in [0.4, 0.5) is 11.4 Å². The molecule has 7 nitrogen and oxygen atoms in total. The van der Waals surface area contributed by atoms with E-state index in [1.54, 1.807) is 23.4 Å². The highest BCUT2D eigenvalue weighted by Gasteiger charge is 2.51. The first-order valence-corrected chi connectivity index (χ1v) is 10.6. The minimum absolute atomic E-state index is 0.131. The van der Waals surface area contributed by atoms with Gasteiger partial charge >= 0.3 is 0 Å². The Morgan fingerprint density at radius 1 is 1.16 bits per heavy atom. The molecule has 0 unspecified atom stereocenters. The number of nitrogens with zero attached hydrogens (tertiary/aromatic N) is 3. The van der Waals surface area contributed by atoms with Crippen molar-refractivity contribution < 1.29 is 9.59 Å². The van der Waals surface area contributed by atoms with Gasteiger partial charge in [-0.3, -0.25) is 14.7 Å². The standard InChI is InChI=1S/C24H25N5O2/c1-28-21-8-7-18(22(30)25-14-17-15-26-27-16-17)13-20(21)24(23(28)31)9-11-29(12-10-24)19-5-3-2-4-6-19/h2-8,13,15-16H,9-12,14H2,1H3,(H,25,30)(H,26,27). The van der Waals surface area contributed by atoms with Crippen LogP contribution in [0.1, 0.15) is 34.3 Å². The summed E-state index contributed by atoms with van der Waals surface area (Å²) in [7, 11) is 1.83. The lowest BCUT2D eigenvalue weighted by Gasteiger charge is -2.39. The number of carbonyl (C=O) groups excluding carboxylic acids is 2. The van der Waals surface area contributed by atoms with E-state index in [1.165, 1.54) is 5.69 Å². The van der Waals surface area contributed by atoms with Crippen LogP contribution in [0.25, 0.3) is 0 Å². The molecule has 2 aliphatic heterocycles. The topological polar surface area (TPSA) is 81.3 Å². The zero-order valence-electron chi connectivity index (χ0n) is 17.5. The summed E-state index contributed by atoms with van der Waals surface area (Å²) in [6, 6.07) is 15.9. The highest BCUT2D eigenvalue weighted by molar-refractivity contribution is 6.09. The number of aromatic nitrogens is 2. The minimum atomic E-state index is -0.559. The highest BCUT2D eigenvalue weighted by Crippen LogP contribution is 2.48. The van der Waals surface area contributed by atoms with E-state index in [0.29, 0.717) is 12.1 Å². The van der Waals surface area contributed by atoms with Gasteiger partial charge in [0.2, 0.25) is 5.91 Å². The number of benzene rings is 2. The van der Waals surface area contributed by atoms with Crippen LogP contribution >= 0.6 is 0 Å². The molecule has 7 heteroatoms. The molecule has 0 atom stereocenters. The van der Waals surface area contributed by atoms with Crippen molar-refractivity contribution in [3.05, 3.63) is 77.6 Å². The van der Waals surface area contributed by atoms with Gasteiger partial charge < -0.3 is 15.1 Å². The second-order valence-corrected chi connectivity index (χ2v) is 8.29. The molecular formula is C24H25N5O2. The number of hydrogen-bond donors (Lipinski definition) is 2. The zero-order chi connectivity index (χ0) is 21.4. The molecule has 2 aliphatic rings. The van der Waals surface area contributed by atoms with Crippen molar-refractivity contribution in [1.29, 1.82) is 0 Å². The zero-order valence-corrected chi connectivity index (χ0v) is 17.5. The van der Waals surface area contributed by atoms with Crippen molar-refractivity contribution in [2.75, 3.05) is 29.9 Å². The number of H-pyrrole nitrogens is 1. The predicted octanol–water partition coefficient (Wildman–Crippen LogP) is 2.85. The molecule has 5 rings (SSSR count). The molecule has 3 heterocycles. The third kappa shape index (κ3) is 3.26. The van der Waals surface area contributed by atoms with Gasteiger partial charge in [-0.1, -0.05) is 18.2 Å². The number of hydrogen-bond acceptors (Lipinski definition) is 4. The first-order chi connectivity index (χ1) is 15.1. The summed E-state index contributed by atoms with van der Waals surface area (Å²) >= 11 is 0. The largest absolute Gasteiger partial charge is 0.371 e. The SMILES string of the molecule is CN1C(=O)C2(CCN(c3ccccc3)CC2)c2cc(C(=O)NCc3cn[nH]c3)ccc21. The van der Waals surface area contributed by atoms with E-state index in [4.69, 9.17) is 0 Å². The van der Waals surface area contributed by atoms with Crippen molar-refractivity contribution >= 4 is 23.2 Å². The molecule has 0 bridgehead atoms. The predicted molar refractivity (Wildman–Crippen MR) is 119 cm³/mol. The molecule has 1 fully saturated rings. The summed E-state index contributed by atoms with van der Waals surface area (Å²) in [5, 5.41) is 9.57. The smallest absolute Gasteiger partial charge is 0.251 e. The monoisotopic (exact) mass is 415 g/mol. The summed E-state index contributed by atoms with van der Waals surface area (Å²) in [5.41, 5.74) is 4.00. The number of aromatic amines is 1. The van der Waals surface area contributed by atoms with Gasteiger partial charge in [-0.15, -0.1) is 0 Å². The van der Waals surface area contributed by atoms with Crippen LogP contribution in [0.15, 0.2) is 60.9 Å². The number of anilines is 2. The Labute approximate surface area is 181 Å². The van der Waals surface area contributed by atoms with Crippen LogP contribution < -0.4 is 15.1 Å². The molecule has 1 saturated heterocycles. The van der Waals surface area contributed by atoms with E-state index in [9.17, 15) is 9.59 Å². The third-order valence-corrected chi connectivity index (χ3v) is 6.60. The maximum absolute atomic E-state index is 13.3. The second kappa shape index (κ2) is 7.58. The van der Waals surface area contributed by atoms with Gasteiger partial charge in [0.05, 0.1) is 11.6 Å². The van der Waals surface area contributed by atoms with Crippen molar-refractivity contribution in [3.8, 4) is 0 Å². The Morgan fingerprint density at radius 2 is 1.94 bits per heavy atom. The summed E-state index contributed by atoms with van der Waals surface area (Å²) < 4.78 is 0. The van der Waals surface area contributed by atoms with Crippen LogP contribution in [0.2, 0.25) is 0 Å². The van der Waals surface area contributed by atoms with Gasteiger partial charge in [0, 0.05) is 55.4 Å². The lowest BCUT2D eigenvalue weighted by atomic mass is 9.73. The Bertz CT molecular complexity index is 1100. The van der Waals surface area contributed by atoms with Gasteiger partial charge in [-0.25, -0.2) is 0 Å². The third-order valence-electron chi connectivity index (χ3n) is 6.60. The molecule has 3 aromatic rings. The first-order valence-electron chi connectivity index (χ1n) is 10.6. The van der Waals surface area contributed by atoms with E-state index < -0.39 is 5.41 Å². The Hall–Kier alpha value is -3.61. The number of carbonyl (C=O) groups is 2.